The predicted molar refractivity (Wildman–Crippen MR) is 84.8 cm³/mol. The largest absolute Gasteiger partial charge is 0.495 e. The van der Waals surface area contributed by atoms with E-state index in [1.165, 1.54) is 7.11 Å². The molecule has 114 valence electrons. The Morgan fingerprint density at radius 1 is 1.29 bits per heavy atom. The molecule has 0 bridgehead atoms. The summed E-state index contributed by atoms with van der Waals surface area (Å²) in [7, 11) is 1.52. The van der Waals surface area contributed by atoms with Crippen molar-refractivity contribution < 1.29 is 19.4 Å². The van der Waals surface area contributed by atoms with Gasteiger partial charge in [-0.3, -0.25) is 0 Å². The average molecular weight is 422 g/mol. The van der Waals surface area contributed by atoms with Crippen molar-refractivity contribution in [2.75, 3.05) is 12.4 Å². The molecule has 1 aliphatic carbocycles. The molecule has 2 rings (SSSR count). The van der Waals surface area contributed by atoms with Crippen molar-refractivity contribution in [2.24, 2.45) is 0 Å². The van der Waals surface area contributed by atoms with Gasteiger partial charge in [0.25, 0.3) is 0 Å². The van der Waals surface area contributed by atoms with Crippen molar-refractivity contribution in [3.05, 3.63) is 21.1 Å². The van der Waals surface area contributed by atoms with Gasteiger partial charge in [0.1, 0.15) is 11.3 Å². The van der Waals surface area contributed by atoms with Crippen LogP contribution in [0.2, 0.25) is 0 Å². The molecule has 0 saturated heterocycles. The Morgan fingerprint density at radius 3 is 2.43 bits per heavy atom. The Morgan fingerprint density at radius 2 is 1.95 bits per heavy atom. The normalized spacial score (nSPS) is 15.8. The van der Waals surface area contributed by atoms with Crippen LogP contribution >= 0.6 is 31.9 Å². The Balaban J connectivity index is 2.11. The van der Waals surface area contributed by atoms with Crippen LogP contribution in [0.25, 0.3) is 0 Å². The van der Waals surface area contributed by atoms with Gasteiger partial charge in [-0.2, -0.15) is 0 Å². The number of amides is 2. The number of carbonyl (C=O) groups excluding carboxylic acids is 1. The van der Waals surface area contributed by atoms with Gasteiger partial charge in [0.15, 0.2) is 0 Å². The van der Waals surface area contributed by atoms with Gasteiger partial charge in [0.2, 0.25) is 0 Å². The fourth-order valence-corrected chi connectivity index (χ4v) is 3.33. The van der Waals surface area contributed by atoms with Gasteiger partial charge in [-0.25, -0.2) is 9.59 Å². The molecule has 0 spiro atoms. The lowest BCUT2D eigenvalue weighted by Crippen LogP contribution is -2.60. The predicted octanol–water partition coefficient (Wildman–Crippen LogP) is 3.35. The maximum atomic E-state index is 12.0. The van der Waals surface area contributed by atoms with Gasteiger partial charge >= 0.3 is 12.0 Å². The summed E-state index contributed by atoms with van der Waals surface area (Å²) < 4.78 is 6.56. The Kier molecular flexibility index (Phi) is 4.77. The molecule has 8 heteroatoms. The number of carbonyl (C=O) groups is 2. The zero-order chi connectivity index (χ0) is 15.6. The summed E-state index contributed by atoms with van der Waals surface area (Å²) in [6.07, 6.45) is 1.68. The second-order valence-electron chi connectivity index (χ2n) is 4.79. The standard InChI is InChI=1S/C13H14Br2N2O4/c1-21-10-6-9(7(14)5-8(10)15)16-12(20)17-13(11(18)19)3-2-4-13/h5-6H,2-4H2,1H3,(H,18,19)(H2,16,17,20). The summed E-state index contributed by atoms with van der Waals surface area (Å²) in [4.78, 5) is 23.2. The van der Waals surface area contributed by atoms with Crippen LogP contribution in [0.15, 0.2) is 21.1 Å². The topological polar surface area (TPSA) is 87.7 Å². The first kappa shape index (κ1) is 16.1. The summed E-state index contributed by atoms with van der Waals surface area (Å²) in [6, 6.07) is 2.83. The molecule has 0 aromatic heterocycles. The van der Waals surface area contributed by atoms with Gasteiger partial charge in [-0.1, -0.05) is 0 Å². The molecule has 21 heavy (non-hydrogen) atoms. The van der Waals surface area contributed by atoms with Crippen LogP contribution in [-0.4, -0.2) is 29.8 Å². The molecule has 1 aliphatic rings. The Bertz CT molecular complexity index is 588. The lowest BCUT2D eigenvalue weighted by Gasteiger charge is -2.38. The van der Waals surface area contributed by atoms with Gasteiger partial charge in [0.05, 0.1) is 17.3 Å². The fourth-order valence-electron chi connectivity index (χ4n) is 2.07. The molecule has 1 aromatic rings. The lowest BCUT2D eigenvalue weighted by molar-refractivity contribution is -0.148. The molecule has 0 unspecified atom stereocenters. The first-order valence-electron chi connectivity index (χ1n) is 6.23. The van der Waals surface area contributed by atoms with E-state index < -0.39 is 17.5 Å². The number of benzene rings is 1. The molecule has 0 aliphatic heterocycles. The average Bonchev–Trinajstić information content (AvgIpc) is 2.36. The van der Waals surface area contributed by atoms with E-state index in [9.17, 15) is 14.7 Å². The number of rotatable bonds is 4. The van der Waals surface area contributed by atoms with E-state index in [2.05, 4.69) is 42.5 Å². The summed E-state index contributed by atoms with van der Waals surface area (Å²) in [5.41, 5.74) is -0.650. The molecule has 6 nitrogen and oxygen atoms in total. The maximum absolute atomic E-state index is 12.0. The van der Waals surface area contributed by atoms with E-state index in [1.54, 1.807) is 12.1 Å². The van der Waals surface area contributed by atoms with Crippen LogP contribution in [0.4, 0.5) is 10.5 Å². The first-order valence-corrected chi connectivity index (χ1v) is 7.82. The van der Waals surface area contributed by atoms with E-state index in [1.807, 2.05) is 0 Å². The molecular weight excluding hydrogens is 408 g/mol. The van der Waals surface area contributed by atoms with E-state index in [0.29, 0.717) is 28.8 Å². The minimum Gasteiger partial charge on any atom is -0.495 e. The number of nitrogens with one attached hydrogen (secondary N) is 2. The van der Waals surface area contributed by atoms with Crippen LogP contribution in [0, 0.1) is 0 Å². The molecule has 0 atom stereocenters. The molecule has 1 saturated carbocycles. The molecule has 3 N–H and O–H groups in total. The van der Waals surface area contributed by atoms with Crippen molar-refractivity contribution in [2.45, 2.75) is 24.8 Å². The summed E-state index contributed by atoms with van der Waals surface area (Å²) in [5.74, 6) is -0.443. The van der Waals surface area contributed by atoms with Crippen molar-refractivity contribution in [1.29, 1.82) is 0 Å². The smallest absolute Gasteiger partial charge is 0.329 e. The van der Waals surface area contributed by atoms with Crippen LogP contribution in [0.1, 0.15) is 19.3 Å². The minimum atomic E-state index is -1.14. The number of hydrogen-bond acceptors (Lipinski definition) is 3. The maximum Gasteiger partial charge on any atom is 0.329 e. The summed E-state index contributed by atoms with van der Waals surface area (Å²) in [5, 5.41) is 14.4. The number of aliphatic carboxylic acids is 1. The number of halogens is 2. The third kappa shape index (κ3) is 3.32. The van der Waals surface area contributed by atoms with Crippen molar-refractivity contribution in [3.63, 3.8) is 0 Å². The number of carboxylic acids is 1. The second-order valence-corrected chi connectivity index (χ2v) is 6.50. The third-order valence-corrected chi connectivity index (χ3v) is 4.73. The van der Waals surface area contributed by atoms with Gasteiger partial charge in [-0.15, -0.1) is 0 Å². The SMILES string of the molecule is COc1cc(NC(=O)NC2(C(=O)O)CCC2)c(Br)cc1Br. The highest BCUT2D eigenvalue weighted by Crippen LogP contribution is 2.35. The highest BCUT2D eigenvalue weighted by molar-refractivity contribution is 9.11. The molecule has 0 radical (unpaired) electrons. The minimum absolute atomic E-state index is 0.445. The highest BCUT2D eigenvalue weighted by Gasteiger charge is 2.45. The zero-order valence-electron chi connectivity index (χ0n) is 11.2. The number of urea groups is 1. The van der Waals surface area contributed by atoms with E-state index >= 15 is 0 Å². The molecule has 1 fully saturated rings. The first-order chi connectivity index (χ1) is 9.88. The summed E-state index contributed by atoms with van der Waals surface area (Å²) in [6.45, 7) is 0. The van der Waals surface area contributed by atoms with E-state index in [4.69, 9.17) is 4.74 Å². The molecule has 1 aromatic carbocycles. The zero-order valence-corrected chi connectivity index (χ0v) is 14.4. The molecule has 0 heterocycles. The van der Waals surface area contributed by atoms with Crippen LogP contribution in [0.3, 0.4) is 0 Å². The summed E-state index contributed by atoms with van der Waals surface area (Å²) >= 11 is 6.67. The van der Waals surface area contributed by atoms with Gasteiger partial charge < -0.3 is 20.5 Å². The fraction of sp³-hybridized carbons (Fsp3) is 0.385. The van der Waals surface area contributed by atoms with Gasteiger partial charge in [-0.05, 0) is 57.2 Å². The number of ether oxygens (including phenoxy) is 1. The molecular formula is C13H14Br2N2O4. The van der Waals surface area contributed by atoms with Gasteiger partial charge in [0, 0.05) is 10.5 Å². The van der Waals surface area contributed by atoms with E-state index in [0.717, 1.165) is 10.9 Å². The lowest BCUT2D eigenvalue weighted by atomic mass is 9.77. The monoisotopic (exact) mass is 420 g/mol. The van der Waals surface area contributed by atoms with E-state index in [-0.39, 0.29) is 0 Å². The Labute approximate surface area is 138 Å². The molecule has 2 amide bonds. The highest BCUT2D eigenvalue weighted by atomic mass is 79.9. The van der Waals surface area contributed by atoms with Crippen molar-refractivity contribution in [3.8, 4) is 5.75 Å². The number of methoxy groups -OCH3 is 1. The number of anilines is 1. The van der Waals surface area contributed by atoms with Crippen LogP contribution in [-0.2, 0) is 4.79 Å². The Hall–Kier alpha value is -1.28. The van der Waals surface area contributed by atoms with Crippen molar-refractivity contribution >= 4 is 49.5 Å². The van der Waals surface area contributed by atoms with Crippen LogP contribution < -0.4 is 15.4 Å². The van der Waals surface area contributed by atoms with Crippen LogP contribution in [0.5, 0.6) is 5.75 Å². The second kappa shape index (κ2) is 6.23. The number of carboxylic acid groups (broad SMARTS) is 1. The quantitative estimate of drug-likeness (QED) is 0.695. The third-order valence-electron chi connectivity index (χ3n) is 3.46. The number of hydrogen-bond donors (Lipinski definition) is 3. The van der Waals surface area contributed by atoms with Crippen molar-refractivity contribution in [1.82, 2.24) is 5.32 Å².